The molecular formula is C17H17F2N7O. The summed E-state index contributed by atoms with van der Waals surface area (Å²) < 4.78 is 32.1. The van der Waals surface area contributed by atoms with Crippen LogP contribution < -0.4 is 16.0 Å². The summed E-state index contributed by atoms with van der Waals surface area (Å²) in [5.41, 5.74) is 6.45. The summed E-state index contributed by atoms with van der Waals surface area (Å²) in [6.07, 6.45) is 3.20. The summed E-state index contributed by atoms with van der Waals surface area (Å²) >= 11 is 0. The van der Waals surface area contributed by atoms with Gasteiger partial charge >= 0.3 is 0 Å². The number of nitrogens with two attached hydrogens (primary N) is 1. The minimum absolute atomic E-state index is 0.00323. The fourth-order valence-corrected chi connectivity index (χ4v) is 2.85. The molecule has 3 aromatic rings. The van der Waals surface area contributed by atoms with E-state index in [2.05, 4.69) is 30.3 Å². The van der Waals surface area contributed by atoms with Crippen LogP contribution in [0.15, 0.2) is 35.1 Å². The number of hydrogen-bond donors (Lipinski definition) is 2. The molecule has 0 radical (unpaired) electrons. The highest BCUT2D eigenvalue weighted by Crippen LogP contribution is 2.24. The second-order valence-corrected chi connectivity index (χ2v) is 6.10. The molecule has 140 valence electrons. The van der Waals surface area contributed by atoms with Crippen molar-refractivity contribution < 1.29 is 13.3 Å². The van der Waals surface area contributed by atoms with Gasteiger partial charge in [0.25, 0.3) is 0 Å². The summed E-state index contributed by atoms with van der Waals surface area (Å²) in [4.78, 5) is 15.0. The minimum Gasteiger partial charge on any atom is -0.353 e. The van der Waals surface area contributed by atoms with E-state index in [0.29, 0.717) is 5.69 Å². The van der Waals surface area contributed by atoms with Crippen LogP contribution in [0.2, 0.25) is 0 Å². The molecule has 27 heavy (non-hydrogen) atoms. The highest BCUT2D eigenvalue weighted by atomic mass is 19.1. The molecule has 1 aliphatic heterocycles. The Morgan fingerprint density at radius 1 is 1.15 bits per heavy atom. The number of nitrogens with one attached hydrogen (secondary N) is 1. The van der Waals surface area contributed by atoms with Crippen LogP contribution in [0.3, 0.4) is 0 Å². The van der Waals surface area contributed by atoms with Gasteiger partial charge in [-0.2, -0.15) is 4.98 Å². The highest BCUT2D eigenvalue weighted by molar-refractivity contribution is 5.49. The number of piperazine rings is 1. The van der Waals surface area contributed by atoms with E-state index in [4.69, 9.17) is 10.3 Å². The van der Waals surface area contributed by atoms with E-state index in [1.54, 1.807) is 12.4 Å². The fraction of sp³-hybridized carbons (Fsp3) is 0.294. The van der Waals surface area contributed by atoms with Crippen molar-refractivity contribution in [2.45, 2.75) is 6.04 Å². The Morgan fingerprint density at radius 3 is 2.67 bits per heavy atom. The summed E-state index contributed by atoms with van der Waals surface area (Å²) in [7, 11) is 0. The van der Waals surface area contributed by atoms with Crippen molar-refractivity contribution in [2.75, 3.05) is 31.1 Å². The molecular weight excluding hydrogens is 356 g/mol. The van der Waals surface area contributed by atoms with Crippen molar-refractivity contribution in [2.24, 2.45) is 5.73 Å². The Morgan fingerprint density at radius 2 is 1.96 bits per heavy atom. The van der Waals surface area contributed by atoms with Crippen molar-refractivity contribution in [3.8, 4) is 11.5 Å². The van der Waals surface area contributed by atoms with Crippen LogP contribution in [-0.4, -0.2) is 46.3 Å². The number of halogens is 2. The summed E-state index contributed by atoms with van der Waals surface area (Å²) in [6.45, 7) is 3.52. The van der Waals surface area contributed by atoms with Gasteiger partial charge in [-0.05, 0) is 6.07 Å². The van der Waals surface area contributed by atoms with Crippen LogP contribution in [0, 0.1) is 11.6 Å². The molecule has 2 aromatic heterocycles. The second kappa shape index (κ2) is 7.33. The zero-order valence-corrected chi connectivity index (χ0v) is 14.3. The van der Waals surface area contributed by atoms with Crippen molar-refractivity contribution >= 4 is 5.82 Å². The van der Waals surface area contributed by atoms with Gasteiger partial charge < -0.3 is 20.5 Å². The molecule has 1 unspecified atom stereocenters. The third kappa shape index (κ3) is 3.62. The van der Waals surface area contributed by atoms with Crippen LogP contribution >= 0.6 is 0 Å². The van der Waals surface area contributed by atoms with Crippen LogP contribution in [0.5, 0.6) is 0 Å². The minimum atomic E-state index is -1.01. The van der Waals surface area contributed by atoms with Gasteiger partial charge in [0, 0.05) is 37.8 Å². The van der Waals surface area contributed by atoms with Gasteiger partial charge in [0.1, 0.15) is 29.2 Å². The van der Waals surface area contributed by atoms with Gasteiger partial charge in [0.15, 0.2) is 0 Å². The van der Waals surface area contributed by atoms with E-state index in [1.165, 1.54) is 6.07 Å². The smallest absolute Gasteiger partial charge is 0.248 e. The molecule has 4 rings (SSSR count). The lowest BCUT2D eigenvalue weighted by atomic mass is 10.1. The van der Waals surface area contributed by atoms with Gasteiger partial charge in [-0.25, -0.2) is 18.7 Å². The average molecular weight is 373 g/mol. The molecule has 0 bridgehead atoms. The maximum absolute atomic E-state index is 13.9. The van der Waals surface area contributed by atoms with Crippen LogP contribution in [0.1, 0.15) is 17.5 Å². The monoisotopic (exact) mass is 373 g/mol. The lowest BCUT2D eigenvalue weighted by molar-refractivity contribution is 0.364. The molecule has 1 aromatic carbocycles. The first kappa shape index (κ1) is 17.4. The number of nitrogens with zero attached hydrogens (tertiary/aromatic N) is 5. The Bertz CT molecular complexity index is 925. The Kier molecular flexibility index (Phi) is 4.73. The predicted molar refractivity (Wildman–Crippen MR) is 92.8 cm³/mol. The number of aromatic nitrogens is 4. The van der Waals surface area contributed by atoms with Gasteiger partial charge in [-0.1, -0.05) is 11.2 Å². The molecule has 1 aliphatic rings. The van der Waals surface area contributed by atoms with E-state index >= 15 is 0 Å². The van der Waals surface area contributed by atoms with Crippen molar-refractivity contribution in [1.29, 1.82) is 0 Å². The standard InChI is InChI=1S/C17H17F2N7O/c18-10-1-2-11(12(19)7-10)15(20)17-24-16(25-27-17)13-8-23-14(9-22-13)26-5-3-21-4-6-26/h1-2,7-9,15,21H,3-6,20H2. The second-order valence-electron chi connectivity index (χ2n) is 6.10. The van der Waals surface area contributed by atoms with Crippen LogP contribution in [0.4, 0.5) is 14.6 Å². The molecule has 3 N–H and O–H groups in total. The van der Waals surface area contributed by atoms with Crippen molar-refractivity contribution in [3.05, 3.63) is 53.7 Å². The zero-order chi connectivity index (χ0) is 18.8. The topological polar surface area (TPSA) is 106 Å². The molecule has 0 saturated carbocycles. The van der Waals surface area contributed by atoms with E-state index in [1.807, 2.05) is 0 Å². The summed E-state index contributed by atoms with van der Waals surface area (Å²) in [5, 5.41) is 7.11. The molecule has 1 saturated heterocycles. The number of rotatable bonds is 4. The maximum atomic E-state index is 13.9. The third-order valence-electron chi connectivity index (χ3n) is 4.31. The molecule has 3 heterocycles. The zero-order valence-electron chi connectivity index (χ0n) is 14.3. The highest BCUT2D eigenvalue weighted by Gasteiger charge is 2.22. The summed E-state index contributed by atoms with van der Waals surface area (Å²) in [6, 6.07) is 2.11. The molecule has 0 spiro atoms. The normalized spacial score (nSPS) is 15.7. The number of anilines is 1. The van der Waals surface area contributed by atoms with Crippen molar-refractivity contribution in [3.63, 3.8) is 0 Å². The Balaban J connectivity index is 1.53. The average Bonchev–Trinajstić information content (AvgIpc) is 3.19. The van der Waals surface area contributed by atoms with E-state index < -0.39 is 17.7 Å². The molecule has 0 amide bonds. The largest absolute Gasteiger partial charge is 0.353 e. The molecule has 8 nitrogen and oxygen atoms in total. The SMILES string of the molecule is NC(c1nc(-c2cnc(N3CCNCC3)cn2)no1)c1ccc(F)cc1F. The lowest BCUT2D eigenvalue weighted by Crippen LogP contribution is -2.43. The van der Waals surface area contributed by atoms with Crippen LogP contribution in [0.25, 0.3) is 11.5 Å². The number of hydrogen-bond acceptors (Lipinski definition) is 8. The first-order chi connectivity index (χ1) is 13.1. The Hall–Kier alpha value is -2.98. The van der Waals surface area contributed by atoms with Crippen LogP contribution in [-0.2, 0) is 0 Å². The number of benzene rings is 1. The van der Waals surface area contributed by atoms with E-state index in [9.17, 15) is 8.78 Å². The first-order valence-electron chi connectivity index (χ1n) is 8.44. The fourth-order valence-electron chi connectivity index (χ4n) is 2.85. The van der Waals surface area contributed by atoms with Gasteiger partial charge in [-0.15, -0.1) is 0 Å². The van der Waals surface area contributed by atoms with Gasteiger partial charge in [0.2, 0.25) is 11.7 Å². The third-order valence-corrected chi connectivity index (χ3v) is 4.31. The van der Waals surface area contributed by atoms with Gasteiger partial charge in [0.05, 0.1) is 12.4 Å². The van der Waals surface area contributed by atoms with Crippen molar-refractivity contribution in [1.82, 2.24) is 25.4 Å². The van der Waals surface area contributed by atoms with Gasteiger partial charge in [-0.3, -0.25) is 0 Å². The maximum Gasteiger partial charge on any atom is 0.248 e. The molecule has 1 atom stereocenters. The molecule has 0 aliphatic carbocycles. The molecule has 10 heteroatoms. The van der Waals surface area contributed by atoms with E-state index in [0.717, 1.165) is 44.1 Å². The summed E-state index contributed by atoms with van der Waals surface area (Å²) in [5.74, 6) is -0.489. The Labute approximate surface area is 153 Å². The predicted octanol–water partition coefficient (Wildman–Crippen LogP) is 1.26. The first-order valence-corrected chi connectivity index (χ1v) is 8.44. The van der Waals surface area contributed by atoms with E-state index in [-0.39, 0.29) is 17.3 Å². The quantitative estimate of drug-likeness (QED) is 0.704. The lowest BCUT2D eigenvalue weighted by Gasteiger charge is -2.27. The molecule has 1 fully saturated rings.